The second-order valence-electron chi connectivity index (χ2n) is 4.82. The van der Waals surface area contributed by atoms with Crippen LogP contribution < -0.4 is 15.8 Å². The van der Waals surface area contributed by atoms with Crippen LogP contribution in [0.5, 0.6) is 5.88 Å². The van der Waals surface area contributed by atoms with Crippen molar-refractivity contribution in [1.29, 1.82) is 0 Å². The molecule has 3 N–H and O–H groups in total. The number of hydrogen-bond acceptors (Lipinski definition) is 5. The standard InChI is InChI=1S/C16H22N4O/c1-3-21-16-12(2)15(19-11-20-16)18-10-9-14(17)13-7-5-4-6-8-13/h4-8,11,14H,3,9-10,17H2,1-2H3,(H,18,19,20). The van der Waals surface area contributed by atoms with E-state index in [1.165, 1.54) is 6.33 Å². The normalized spacial score (nSPS) is 12.0. The Hall–Kier alpha value is -2.14. The van der Waals surface area contributed by atoms with E-state index in [-0.39, 0.29) is 6.04 Å². The van der Waals surface area contributed by atoms with Gasteiger partial charge in [-0.05, 0) is 25.8 Å². The summed E-state index contributed by atoms with van der Waals surface area (Å²) in [4.78, 5) is 8.37. The third-order valence-electron chi connectivity index (χ3n) is 3.29. The van der Waals surface area contributed by atoms with Crippen LogP contribution in [0.15, 0.2) is 36.7 Å². The highest BCUT2D eigenvalue weighted by atomic mass is 16.5. The lowest BCUT2D eigenvalue weighted by atomic mass is 10.1. The van der Waals surface area contributed by atoms with Crippen molar-refractivity contribution < 1.29 is 4.74 Å². The number of rotatable bonds is 7. The summed E-state index contributed by atoms with van der Waals surface area (Å²) in [5.74, 6) is 1.43. The fraction of sp³-hybridized carbons (Fsp3) is 0.375. The maximum absolute atomic E-state index is 6.18. The summed E-state index contributed by atoms with van der Waals surface area (Å²) in [5.41, 5.74) is 8.25. The van der Waals surface area contributed by atoms with Crippen LogP contribution >= 0.6 is 0 Å². The molecule has 0 radical (unpaired) electrons. The number of nitrogens with zero attached hydrogens (tertiary/aromatic N) is 2. The zero-order valence-corrected chi connectivity index (χ0v) is 12.5. The van der Waals surface area contributed by atoms with E-state index >= 15 is 0 Å². The van der Waals surface area contributed by atoms with Crippen LogP contribution in [0.4, 0.5) is 5.82 Å². The Kier molecular flexibility index (Phi) is 5.51. The highest BCUT2D eigenvalue weighted by Crippen LogP contribution is 2.21. The Morgan fingerprint density at radius 1 is 1.24 bits per heavy atom. The highest BCUT2D eigenvalue weighted by molar-refractivity contribution is 5.47. The maximum atomic E-state index is 6.18. The molecule has 1 atom stereocenters. The predicted molar refractivity (Wildman–Crippen MR) is 84.4 cm³/mol. The van der Waals surface area contributed by atoms with Crippen LogP contribution in [0, 0.1) is 6.92 Å². The van der Waals surface area contributed by atoms with Crippen LogP contribution in [0.2, 0.25) is 0 Å². The minimum atomic E-state index is 0.0206. The lowest BCUT2D eigenvalue weighted by molar-refractivity contribution is 0.324. The van der Waals surface area contributed by atoms with E-state index in [0.717, 1.165) is 29.9 Å². The van der Waals surface area contributed by atoms with Crippen molar-refractivity contribution in [3.05, 3.63) is 47.8 Å². The van der Waals surface area contributed by atoms with Crippen LogP contribution in [0.1, 0.15) is 30.5 Å². The van der Waals surface area contributed by atoms with Gasteiger partial charge < -0.3 is 15.8 Å². The van der Waals surface area contributed by atoms with Gasteiger partial charge in [-0.3, -0.25) is 0 Å². The SMILES string of the molecule is CCOc1ncnc(NCCC(N)c2ccccc2)c1C. The molecule has 1 aromatic carbocycles. The first-order valence-electron chi connectivity index (χ1n) is 7.21. The van der Waals surface area contributed by atoms with E-state index in [2.05, 4.69) is 15.3 Å². The summed E-state index contributed by atoms with van der Waals surface area (Å²) in [6, 6.07) is 10.1. The minimum absolute atomic E-state index is 0.0206. The Morgan fingerprint density at radius 2 is 2.00 bits per heavy atom. The molecular formula is C16H22N4O. The van der Waals surface area contributed by atoms with E-state index in [1.807, 2.05) is 44.2 Å². The quantitative estimate of drug-likeness (QED) is 0.818. The molecule has 2 aromatic rings. The maximum Gasteiger partial charge on any atom is 0.221 e. The van der Waals surface area contributed by atoms with Crippen molar-refractivity contribution in [2.45, 2.75) is 26.3 Å². The summed E-state index contributed by atoms with van der Waals surface area (Å²) < 4.78 is 5.46. The van der Waals surface area contributed by atoms with Crippen LogP contribution in [0.25, 0.3) is 0 Å². The summed E-state index contributed by atoms with van der Waals surface area (Å²) in [7, 11) is 0. The molecule has 5 nitrogen and oxygen atoms in total. The third-order valence-corrected chi connectivity index (χ3v) is 3.29. The van der Waals surface area contributed by atoms with Gasteiger partial charge in [0.2, 0.25) is 5.88 Å². The fourth-order valence-electron chi connectivity index (χ4n) is 2.11. The number of nitrogens with two attached hydrogens (primary N) is 1. The number of aromatic nitrogens is 2. The van der Waals surface area contributed by atoms with Crippen molar-refractivity contribution in [2.24, 2.45) is 5.73 Å². The summed E-state index contributed by atoms with van der Waals surface area (Å²) >= 11 is 0. The molecule has 0 aliphatic heterocycles. The summed E-state index contributed by atoms with van der Waals surface area (Å²) in [6.07, 6.45) is 2.34. The molecule has 21 heavy (non-hydrogen) atoms. The molecular weight excluding hydrogens is 264 g/mol. The lowest BCUT2D eigenvalue weighted by Crippen LogP contribution is -2.16. The van der Waals surface area contributed by atoms with E-state index in [4.69, 9.17) is 10.5 Å². The first kappa shape index (κ1) is 15.3. The molecule has 0 aliphatic carbocycles. The number of ether oxygens (including phenoxy) is 1. The zero-order chi connectivity index (χ0) is 15.1. The molecule has 0 saturated heterocycles. The molecule has 0 aliphatic rings. The predicted octanol–water partition coefficient (Wildman–Crippen LogP) is 2.69. The van der Waals surface area contributed by atoms with Crippen molar-refractivity contribution in [2.75, 3.05) is 18.5 Å². The molecule has 0 fully saturated rings. The van der Waals surface area contributed by atoms with Crippen molar-refractivity contribution in [3.63, 3.8) is 0 Å². The molecule has 112 valence electrons. The van der Waals surface area contributed by atoms with Gasteiger partial charge in [0.05, 0.1) is 12.2 Å². The van der Waals surface area contributed by atoms with E-state index < -0.39 is 0 Å². The van der Waals surface area contributed by atoms with Gasteiger partial charge in [0, 0.05) is 12.6 Å². The van der Waals surface area contributed by atoms with Gasteiger partial charge in [-0.15, -0.1) is 0 Å². The number of hydrogen-bond donors (Lipinski definition) is 2. The van der Waals surface area contributed by atoms with Crippen molar-refractivity contribution in [3.8, 4) is 5.88 Å². The Balaban J connectivity index is 1.90. The third kappa shape index (κ3) is 4.16. The Bertz CT molecular complexity index is 559. The second kappa shape index (κ2) is 7.59. The largest absolute Gasteiger partial charge is 0.478 e. The van der Waals surface area contributed by atoms with Gasteiger partial charge in [-0.1, -0.05) is 30.3 Å². The van der Waals surface area contributed by atoms with Crippen molar-refractivity contribution >= 4 is 5.82 Å². The van der Waals surface area contributed by atoms with Gasteiger partial charge in [-0.25, -0.2) is 9.97 Å². The van der Waals surface area contributed by atoms with Gasteiger partial charge in [0.15, 0.2) is 0 Å². The first-order valence-corrected chi connectivity index (χ1v) is 7.21. The van der Waals surface area contributed by atoms with Gasteiger partial charge in [-0.2, -0.15) is 0 Å². The molecule has 0 amide bonds. The molecule has 1 aromatic heterocycles. The second-order valence-corrected chi connectivity index (χ2v) is 4.82. The Labute approximate surface area is 125 Å². The van der Waals surface area contributed by atoms with E-state index in [0.29, 0.717) is 12.5 Å². The number of benzene rings is 1. The molecule has 2 rings (SSSR count). The Morgan fingerprint density at radius 3 is 2.71 bits per heavy atom. The van der Waals surface area contributed by atoms with E-state index in [9.17, 15) is 0 Å². The first-order chi connectivity index (χ1) is 10.2. The molecule has 5 heteroatoms. The molecule has 0 bridgehead atoms. The van der Waals surface area contributed by atoms with Crippen molar-refractivity contribution in [1.82, 2.24) is 9.97 Å². The zero-order valence-electron chi connectivity index (χ0n) is 12.5. The molecule has 1 heterocycles. The monoisotopic (exact) mass is 286 g/mol. The summed E-state index contributed by atoms with van der Waals surface area (Å²) in [6.45, 7) is 5.23. The van der Waals surface area contributed by atoms with Gasteiger partial charge in [0.25, 0.3) is 0 Å². The average molecular weight is 286 g/mol. The number of nitrogens with one attached hydrogen (secondary N) is 1. The van der Waals surface area contributed by atoms with Crippen LogP contribution in [0.3, 0.4) is 0 Å². The number of anilines is 1. The highest BCUT2D eigenvalue weighted by Gasteiger charge is 2.09. The average Bonchev–Trinajstić information content (AvgIpc) is 2.52. The van der Waals surface area contributed by atoms with E-state index in [1.54, 1.807) is 0 Å². The summed E-state index contributed by atoms with van der Waals surface area (Å²) in [5, 5.41) is 3.30. The van der Waals surface area contributed by atoms with Gasteiger partial charge >= 0.3 is 0 Å². The molecule has 0 spiro atoms. The minimum Gasteiger partial charge on any atom is -0.478 e. The molecule has 1 unspecified atom stereocenters. The topological polar surface area (TPSA) is 73.1 Å². The lowest BCUT2D eigenvalue weighted by Gasteiger charge is -2.14. The van der Waals surface area contributed by atoms with Crippen LogP contribution in [-0.4, -0.2) is 23.1 Å². The van der Waals surface area contributed by atoms with Crippen LogP contribution in [-0.2, 0) is 0 Å². The molecule has 0 saturated carbocycles. The fourth-order valence-corrected chi connectivity index (χ4v) is 2.11. The smallest absolute Gasteiger partial charge is 0.221 e. The van der Waals surface area contributed by atoms with Gasteiger partial charge in [0.1, 0.15) is 12.1 Å².